The molecule has 0 heterocycles. The lowest BCUT2D eigenvalue weighted by Gasteiger charge is -2.24. The average Bonchev–Trinajstić information content (AvgIpc) is 2.65. The van der Waals surface area contributed by atoms with Gasteiger partial charge in [-0.2, -0.15) is 0 Å². The van der Waals surface area contributed by atoms with Crippen molar-refractivity contribution in [3.05, 3.63) is 35.9 Å². The van der Waals surface area contributed by atoms with Crippen molar-refractivity contribution >= 4 is 18.2 Å². The summed E-state index contributed by atoms with van der Waals surface area (Å²) in [5, 5.41) is 5.25. The van der Waals surface area contributed by atoms with E-state index < -0.39 is 23.2 Å². The zero-order valence-corrected chi connectivity index (χ0v) is 18.6. The highest BCUT2D eigenvalue weighted by Crippen LogP contribution is 2.21. The maximum absolute atomic E-state index is 12.2. The average molecular weight is 423 g/mol. The molecule has 0 unspecified atom stereocenters. The Labute approximate surface area is 178 Å². The highest BCUT2D eigenvalue weighted by molar-refractivity contribution is 5.76. The molecule has 8 heteroatoms. The van der Waals surface area contributed by atoms with E-state index in [4.69, 9.17) is 14.2 Å². The normalized spacial score (nSPS) is 11.4. The summed E-state index contributed by atoms with van der Waals surface area (Å²) >= 11 is 0. The van der Waals surface area contributed by atoms with E-state index in [0.29, 0.717) is 25.9 Å². The monoisotopic (exact) mass is 422 g/mol. The largest absolute Gasteiger partial charge is 0.465 e. The summed E-state index contributed by atoms with van der Waals surface area (Å²) in [5.74, 6) is -0.361. The lowest BCUT2D eigenvalue weighted by Crippen LogP contribution is -2.36. The van der Waals surface area contributed by atoms with Gasteiger partial charge in [0.25, 0.3) is 0 Å². The summed E-state index contributed by atoms with van der Waals surface area (Å²) in [6.45, 7) is 9.88. The summed E-state index contributed by atoms with van der Waals surface area (Å²) in [5.41, 5.74) is -0.414. The fourth-order valence-corrected chi connectivity index (χ4v) is 2.29. The van der Waals surface area contributed by atoms with E-state index in [2.05, 4.69) is 10.6 Å². The van der Waals surface area contributed by atoms with E-state index in [1.165, 1.54) is 0 Å². The van der Waals surface area contributed by atoms with Crippen molar-refractivity contribution in [1.82, 2.24) is 10.6 Å². The van der Waals surface area contributed by atoms with Crippen LogP contribution in [-0.4, -0.2) is 43.5 Å². The minimum Gasteiger partial charge on any atom is -0.465 e. The Morgan fingerprint density at radius 1 is 0.867 bits per heavy atom. The maximum Gasteiger partial charge on any atom is 0.407 e. The summed E-state index contributed by atoms with van der Waals surface area (Å²) < 4.78 is 15.5. The highest BCUT2D eigenvalue weighted by Gasteiger charge is 2.29. The van der Waals surface area contributed by atoms with E-state index in [9.17, 15) is 14.4 Å². The molecule has 0 aromatic heterocycles. The topological polar surface area (TPSA) is 103 Å². The van der Waals surface area contributed by atoms with Gasteiger partial charge in [-0.15, -0.1) is 0 Å². The van der Waals surface area contributed by atoms with Crippen LogP contribution in [0.2, 0.25) is 0 Å². The Kier molecular flexibility index (Phi) is 10.1. The fraction of sp³-hybridized carbons (Fsp3) is 0.591. The van der Waals surface area contributed by atoms with E-state index >= 15 is 0 Å². The van der Waals surface area contributed by atoms with Crippen molar-refractivity contribution in [2.75, 3.05) is 19.7 Å². The molecule has 1 aromatic carbocycles. The number of ether oxygens (including phenoxy) is 3. The molecule has 2 N–H and O–H groups in total. The molecule has 2 amide bonds. The number of carbonyl (C=O) groups is 3. The minimum atomic E-state index is -0.753. The van der Waals surface area contributed by atoms with Crippen LogP contribution in [0, 0.1) is 5.41 Å². The first-order valence-electron chi connectivity index (χ1n) is 10.1. The van der Waals surface area contributed by atoms with Gasteiger partial charge in [0.1, 0.15) is 12.2 Å². The van der Waals surface area contributed by atoms with Crippen LogP contribution >= 0.6 is 0 Å². The second kappa shape index (κ2) is 12.0. The molecule has 0 spiro atoms. The number of carbonyl (C=O) groups excluding carboxylic acids is 3. The molecule has 0 fully saturated rings. The Hall–Kier alpha value is -2.77. The molecule has 168 valence electrons. The van der Waals surface area contributed by atoms with Crippen LogP contribution in [0.5, 0.6) is 0 Å². The Morgan fingerprint density at radius 3 is 2.13 bits per heavy atom. The van der Waals surface area contributed by atoms with Gasteiger partial charge in [-0.05, 0) is 53.0 Å². The van der Waals surface area contributed by atoms with Crippen LogP contribution in [0.25, 0.3) is 0 Å². The van der Waals surface area contributed by atoms with E-state index in [1.807, 2.05) is 30.3 Å². The summed E-state index contributed by atoms with van der Waals surface area (Å²) in [4.78, 5) is 35.5. The molecular formula is C22H34N2O6. The number of esters is 1. The fourth-order valence-electron chi connectivity index (χ4n) is 2.29. The van der Waals surface area contributed by atoms with Crippen molar-refractivity contribution in [1.29, 1.82) is 0 Å². The lowest BCUT2D eigenvalue weighted by atomic mass is 9.89. The molecule has 0 saturated carbocycles. The minimum absolute atomic E-state index is 0.181. The molecule has 0 atom stereocenters. The van der Waals surface area contributed by atoms with Gasteiger partial charge in [0.2, 0.25) is 0 Å². The Bertz CT molecular complexity index is 683. The molecule has 0 saturated heterocycles. The number of rotatable bonds is 10. The SMILES string of the molecule is CC(C)(C)OC(=O)NCCC(C)(C)C(=O)OCCCNC(=O)OCc1ccccc1. The first kappa shape index (κ1) is 25.3. The smallest absolute Gasteiger partial charge is 0.407 e. The van der Waals surface area contributed by atoms with E-state index in [-0.39, 0.29) is 19.2 Å². The van der Waals surface area contributed by atoms with Crippen LogP contribution in [0.3, 0.4) is 0 Å². The molecule has 30 heavy (non-hydrogen) atoms. The third kappa shape index (κ3) is 11.3. The zero-order valence-electron chi connectivity index (χ0n) is 18.6. The third-order valence-corrected chi connectivity index (χ3v) is 4.01. The summed E-state index contributed by atoms with van der Waals surface area (Å²) in [6, 6.07) is 9.39. The van der Waals surface area contributed by atoms with Crippen molar-refractivity contribution in [3.63, 3.8) is 0 Å². The molecule has 1 rings (SSSR count). The number of alkyl carbamates (subject to hydrolysis) is 2. The Morgan fingerprint density at radius 2 is 1.50 bits per heavy atom. The second-order valence-electron chi connectivity index (χ2n) is 8.54. The molecule has 0 radical (unpaired) electrons. The van der Waals surface area contributed by atoms with Gasteiger partial charge >= 0.3 is 18.2 Å². The number of benzene rings is 1. The summed E-state index contributed by atoms with van der Waals surface area (Å²) in [6.07, 6.45) is -0.149. The van der Waals surface area contributed by atoms with Gasteiger partial charge in [-0.25, -0.2) is 9.59 Å². The molecule has 0 aliphatic carbocycles. The van der Waals surface area contributed by atoms with Crippen LogP contribution in [0.15, 0.2) is 30.3 Å². The van der Waals surface area contributed by atoms with Crippen LogP contribution in [0.4, 0.5) is 9.59 Å². The Balaban J connectivity index is 2.15. The molecule has 8 nitrogen and oxygen atoms in total. The maximum atomic E-state index is 12.2. The van der Waals surface area contributed by atoms with Crippen molar-refractivity contribution < 1.29 is 28.6 Å². The van der Waals surface area contributed by atoms with Gasteiger partial charge in [0.05, 0.1) is 12.0 Å². The molecular weight excluding hydrogens is 388 g/mol. The van der Waals surface area contributed by atoms with Crippen molar-refractivity contribution in [3.8, 4) is 0 Å². The molecule has 0 aliphatic rings. The first-order chi connectivity index (χ1) is 14.0. The lowest BCUT2D eigenvalue weighted by molar-refractivity contribution is -0.154. The summed E-state index contributed by atoms with van der Waals surface area (Å²) in [7, 11) is 0. The van der Waals surface area contributed by atoms with E-state index in [1.54, 1.807) is 34.6 Å². The number of amides is 2. The number of hydrogen-bond donors (Lipinski definition) is 2. The molecule has 0 aliphatic heterocycles. The van der Waals surface area contributed by atoms with Gasteiger partial charge < -0.3 is 24.8 Å². The first-order valence-corrected chi connectivity index (χ1v) is 10.1. The molecule has 1 aromatic rings. The predicted octanol–water partition coefficient (Wildman–Crippen LogP) is 3.79. The van der Waals surface area contributed by atoms with Crippen LogP contribution in [-0.2, 0) is 25.6 Å². The molecule has 0 bridgehead atoms. The van der Waals surface area contributed by atoms with Crippen molar-refractivity contribution in [2.24, 2.45) is 5.41 Å². The third-order valence-electron chi connectivity index (χ3n) is 4.01. The second-order valence-corrected chi connectivity index (χ2v) is 8.54. The predicted molar refractivity (Wildman–Crippen MR) is 113 cm³/mol. The van der Waals surface area contributed by atoms with Gasteiger partial charge in [0.15, 0.2) is 0 Å². The van der Waals surface area contributed by atoms with E-state index in [0.717, 1.165) is 5.56 Å². The van der Waals surface area contributed by atoms with Crippen molar-refractivity contribution in [2.45, 2.75) is 59.7 Å². The quantitative estimate of drug-likeness (QED) is 0.338. The van der Waals surface area contributed by atoms with Gasteiger partial charge in [-0.1, -0.05) is 30.3 Å². The number of nitrogens with one attached hydrogen (secondary N) is 2. The van der Waals surface area contributed by atoms with Gasteiger partial charge in [0, 0.05) is 13.1 Å². The highest BCUT2D eigenvalue weighted by atomic mass is 16.6. The zero-order chi connectivity index (χ0) is 22.6. The number of hydrogen-bond acceptors (Lipinski definition) is 6. The van der Waals surface area contributed by atoms with Crippen LogP contribution < -0.4 is 10.6 Å². The van der Waals surface area contributed by atoms with Crippen LogP contribution in [0.1, 0.15) is 53.0 Å². The van der Waals surface area contributed by atoms with Gasteiger partial charge in [-0.3, -0.25) is 4.79 Å². The standard InChI is InChI=1S/C22H34N2O6/c1-21(2,3)30-20(27)24-14-12-22(4,5)18(25)28-15-9-13-23-19(26)29-16-17-10-7-6-8-11-17/h6-8,10-11H,9,12-16H2,1-5H3,(H,23,26)(H,24,27).